The molecule has 22 heavy (non-hydrogen) atoms. The number of para-hydroxylation sites is 2. The summed E-state index contributed by atoms with van der Waals surface area (Å²) in [6.45, 7) is 8.82. The van der Waals surface area contributed by atoms with E-state index >= 15 is 0 Å². The molecule has 2 rings (SSSR count). The van der Waals surface area contributed by atoms with Crippen molar-refractivity contribution in [2.45, 2.75) is 13.8 Å². The van der Waals surface area contributed by atoms with E-state index < -0.39 is 0 Å². The van der Waals surface area contributed by atoms with E-state index in [2.05, 4.69) is 30.1 Å². The number of carbonyl (C=O) groups excluding carboxylic acids is 1. The van der Waals surface area contributed by atoms with Gasteiger partial charge in [0, 0.05) is 26.2 Å². The Kier molecular flexibility index (Phi) is 6.07. The van der Waals surface area contributed by atoms with E-state index in [4.69, 9.17) is 4.74 Å². The van der Waals surface area contributed by atoms with Gasteiger partial charge in [-0.15, -0.1) is 0 Å². The molecular weight excluding hydrogens is 278 g/mol. The Bertz CT molecular complexity index is 483. The first-order chi connectivity index (χ1) is 10.6. The SMILES string of the molecule is COc1ccccc1N1CCN(C(=O)CNCC(C)C)CC1. The molecule has 1 aromatic carbocycles. The van der Waals surface area contributed by atoms with Gasteiger partial charge in [-0.25, -0.2) is 0 Å². The fraction of sp³-hybridized carbons (Fsp3) is 0.588. The van der Waals surface area contributed by atoms with E-state index in [9.17, 15) is 4.79 Å². The van der Waals surface area contributed by atoms with E-state index in [0.717, 1.165) is 44.2 Å². The van der Waals surface area contributed by atoms with Crippen LogP contribution >= 0.6 is 0 Å². The van der Waals surface area contributed by atoms with Crippen LogP contribution in [0.1, 0.15) is 13.8 Å². The van der Waals surface area contributed by atoms with Crippen LogP contribution in [0.3, 0.4) is 0 Å². The van der Waals surface area contributed by atoms with Crippen molar-refractivity contribution >= 4 is 11.6 Å². The number of nitrogens with one attached hydrogen (secondary N) is 1. The summed E-state index contributed by atoms with van der Waals surface area (Å²) in [5.41, 5.74) is 1.11. The molecule has 1 aliphatic heterocycles. The van der Waals surface area contributed by atoms with E-state index in [0.29, 0.717) is 12.5 Å². The van der Waals surface area contributed by atoms with Crippen LogP contribution in [0.25, 0.3) is 0 Å². The number of ether oxygens (including phenoxy) is 1. The molecule has 0 aliphatic carbocycles. The number of hydrogen-bond donors (Lipinski definition) is 1. The van der Waals surface area contributed by atoms with Crippen LogP contribution in [0.4, 0.5) is 5.69 Å². The van der Waals surface area contributed by atoms with Crippen LogP contribution in [-0.4, -0.2) is 57.2 Å². The number of nitrogens with zero attached hydrogens (tertiary/aromatic N) is 2. The summed E-state index contributed by atoms with van der Waals surface area (Å²) in [6.07, 6.45) is 0. The molecule has 1 amide bonds. The molecule has 0 bridgehead atoms. The molecule has 1 fully saturated rings. The summed E-state index contributed by atoms with van der Waals surface area (Å²) in [6, 6.07) is 8.04. The minimum absolute atomic E-state index is 0.195. The van der Waals surface area contributed by atoms with Crippen molar-refractivity contribution in [3.63, 3.8) is 0 Å². The van der Waals surface area contributed by atoms with Crippen LogP contribution in [0, 0.1) is 5.92 Å². The lowest BCUT2D eigenvalue weighted by Gasteiger charge is -2.36. The lowest BCUT2D eigenvalue weighted by Crippen LogP contribution is -2.51. The lowest BCUT2D eigenvalue weighted by atomic mass is 10.2. The Morgan fingerprint density at radius 1 is 1.23 bits per heavy atom. The first kappa shape index (κ1) is 16.6. The topological polar surface area (TPSA) is 44.8 Å². The Hall–Kier alpha value is -1.75. The smallest absolute Gasteiger partial charge is 0.236 e. The summed E-state index contributed by atoms with van der Waals surface area (Å²) in [5, 5.41) is 3.22. The highest BCUT2D eigenvalue weighted by Gasteiger charge is 2.22. The molecule has 1 heterocycles. The van der Waals surface area contributed by atoms with Gasteiger partial charge in [0.25, 0.3) is 0 Å². The van der Waals surface area contributed by atoms with Crippen molar-refractivity contribution in [2.75, 3.05) is 51.3 Å². The molecular formula is C17H27N3O2. The second-order valence-corrected chi connectivity index (χ2v) is 6.06. The molecule has 1 aliphatic rings. The van der Waals surface area contributed by atoms with Gasteiger partial charge in [0.1, 0.15) is 5.75 Å². The van der Waals surface area contributed by atoms with Gasteiger partial charge >= 0.3 is 0 Å². The predicted octanol–water partition coefficient (Wildman–Crippen LogP) is 1.59. The van der Waals surface area contributed by atoms with Gasteiger partial charge in [0.15, 0.2) is 0 Å². The third-order valence-corrected chi connectivity index (χ3v) is 3.89. The van der Waals surface area contributed by atoms with Crippen LogP contribution in [0.5, 0.6) is 5.75 Å². The molecule has 0 spiro atoms. The first-order valence-corrected chi connectivity index (χ1v) is 7.98. The monoisotopic (exact) mass is 305 g/mol. The van der Waals surface area contributed by atoms with Gasteiger partial charge in [-0.05, 0) is 24.6 Å². The summed E-state index contributed by atoms with van der Waals surface area (Å²) >= 11 is 0. The highest BCUT2D eigenvalue weighted by molar-refractivity contribution is 5.78. The van der Waals surface area contributed by atoms with Crippen molar-refractivity contribution in [1.29, 1.82) is 0 Å². The van der Waals surface area contributed by atoms with Gasteiger partial charge in [0.05, 0.1) is 19.3 Å². The van der Waals surface area contributed by atoms with E-state index in [1.165, 1.54) is 0 Å². The maximum absolute atomic E-state index is 12.2. The Balaban J connectivity index is 1.84. The Morgan fingerprint density at radius 2 is 1.91 bits per heavy atom. The highest BCUT2D eigenvalue weighted by atomic mass is 16.5. The summed E-state index contributed by atoms with van der Waals surface area (Å²) in [7, 11) is 1.69. The van der Waals surface area contributed by atoms with Crippen LogP contribution in [0.15, 0.2) is 24.3 Å². The number of benzene rings is 1. The standard InChI is InChI=1S/C17H27N3O2/c1-14(2)12-18-13-17(21)20-10-8-19(9-11-20)15-6-4-5-7-16(15)22-3/h4-7,14,18H,8-13H2,1-3H3. The van der Waals surface area contributed by atoms with Gasteiger partial charge in [-0.3, -0.25) is 4.79 Å². The largest absolute Gasteiger partial charge is 0.495 e. The fourth-order valence-electron chi connectivity index (χ4n) is 2.67. The molecule has 0 atom stereocenters. The van der Waals surface area contributed by atoms with Crippen molar-refractivity contribution in [2.24, 2.45) is 5.92 Å². The molecule has 0 radical (unpaired) electrons. The number of anilines is 1. The van der Waals surface area contributed by atoms with Crippen molar-refractivity contribution in [1.82, 2.24) is 10.2 Å². The first-order valence-electron chi connectivity index (χ1n) is 7.98. The molecule has 0 aromatic heterocycles. The quantitative estimate of drug-likeness (QED) is 0.867. The second-order valence-electron chi connectivity index (χ2n) is 6.06. The van der Waals surface area contributed by atoms with Crippen LogP contribution < -0.4 is 15.0 Å². The van der Waals surface area contributed by atoms with E-state index in [-0.39, 0.29) is 5.91 Å². The van der Waals surface area contributed by atoms with Gasteiger partial charge < -0.3 is 19.9 Å². The number of amides is 1. The fourth-order valence-corrected chi connectivity index (χ4v) is 2.67. The summed E-state index contributed by atoms with van der Waals surface area (Å²) in [4.78, 5) is 16.4. The normalized spacial score (nSPS) is 15.3. The van der Waals surface area contributed by atoms with Gasteiger partial charge in [0.2, 0.25) is 5.91 Å². The second kappa shape index (κ2) is 8.03. The molecule has 1 N–H and O–H groups in total. The number of hydrogen-bond acceptors (Lipinski definition) is 4. The van der Waals surface area contributed by atoms with Crippen molar-refractivity contribution < 1.29 is 9.53 Å². The highest BCUT2D eigenvalue weighted by Crippen LogP contribution is 2.28. The number of piperazine rings is 1. The lowest BCUT2D eigenvalue weighted by molar-refractivity contribution is -0.130. The third-order valence-electron chi connectivity index (χ3n) is 3.89. The van der Waals surface area contributed by atoms with Crippen LogP contribution in [0.2, 0.25) is 0 Å². The van der Waals surface area contributed by atoms with E-state index in [1.807, 2.05) is 23.1 Å². The molecule has 1 aromatic rings. The number of carbonyl (C=O) groups is 1. The molecule has 0 saturated carbocycles. The average molecular weight is 305 g/mol. The number of methoxy groups -OCH3 is 1. The van der Waals surface area contributed by atoms with Gasteiger partial charge in [-0.2, -0.15) is 0 Å². The van der Waals surface area contributed by atoms with Gasteiger partial charge in [-0.1, -0.05) is 26.0 Å². The molecule has 5 nitrogen and oxygen atoms in total. The number of rotatable bonds is 6. The minimum Gasteiger partial charge on any atom is -0.495 e. The van der Waals surface area contributed by atoms with Crippen LogP contribution in [-0.2, 0) is 4.79 Å². The maximum Gasteiger partial charge on any atom is 0.236 e. The molecule has 0 unspecified atom stereocenters. The van der Waals surface area contributed by atoms with Crippen molar-refractivity contribution in [3.8, 4) is 5.75 Å². The zero-order valence-electron chi connectivity index (χ0n) is 13.8. The molecule has 122 valence electrons. The van der Waals surface area contributed by atoms with Crippen molar-refractivity contribution in [3.05, 3.63) is 24.3 Å². The Morgan fingerprint density at radius 3 is 2.55 bits per heavy atom. The Labute approximate surface area is 133 Å². The maximum atomic E-state index is 12.2. The average Bonchev–Trinajstić information content (AvgIpc) is 2.54. The summed E-state index contributed by atoms with van der Waals surface area (Å²) in [5.74, 6) is 1.65. The third kappa shape index (κ3) is 4.37. The zero-order chi connectivity index (χ0) is 15.9. The minimum atomic E-state index is 0.195. The van der Waals surface area contributed by atoms with E-state index in [1.54, 1.807) is 7.11 Å². The molecule has 1 saturated heterocycles. The predicted molar refractivity (Wildman–Crippen MR) is 89.5 cm³/mol. The zero-order valence-corrected chi connectivity index (χ0v) is 13.8. The summed E-state index contributed by atoms with van der Waals surface area (Å²) < 4.78 is 5.42. The molecule has 5 heteroatoms.